The lowest BCUT2D eigenvalue weighted by Crippen LogP contribution is -2.20. The summed E-state index contributed by atoms with van der Waals surface area (Å²) in [5, 5.41) is 0. The molecule has 0 aliphatic carbocycles. The molecule has 0 amide bonds. The standard InChI is InChI=1S/C20H23FN2O2S/c1-4-15(2)13-23(14-20(22)16-5-7-17(21)8-6-16)18-9-11-19(12-10-18)26(3,24)25/h4-12,14H,13,22H2,1-3H3/b15-4+,20-14-. The Balaban J connectivity index is 2.40. The maximum Gasteiger partial charge on any atom is 0.175 e. The summed E-state index contributed by atoms with van der Waals surface area (Å²) < 4.78 is 36.4. The molecule has 2 aromatic carbocycles. The lowest BCUT2D eigenvalue weighted by molar-refractivity contribution is 0.602. The second kappa shape index (κ2) is 8.19. The van der Waals surface area contributed by atoms with E-state index in [2.05, 4.69) is 0 Å². The van der Waals surface area contributed by atoms with Crippen LogP contribution in [0.3, 0.4) is 0 Å². The second-order valence-electron chi connectivity index (χ2n) is 6.12. The van der Waals surface area contributed by atoms with Gasteiger partial charge in [0.15, 0.2) is 9.84 Å². The van der Waals surface area contributed by atoms with Gasteiger partial charge in [0.05, 0.1) is 10.6 Å². The molecule has 2 N–H and O–H groups in total. The molecule has 0 saturated carbocycles. The van der Waals surface area contributed by atoms with E-state index in [1.807, 2.05) is 24.8 Å². The van der Waals surface area contributed by atoms with Gasteiger partial charge >= 0.3 is 0 Å². The fourth-order valence-corrected chi connectivity index (χ4v) is 2.97. The van der Waals surface area contributed by atoms with Crippen LogP contribution in [0.4, 0.5) is 10.1 Å². The maximum absolute atomic E-state index is 13.1. The van der Waals surface area contributed by atoms with Gasteiger partial charge in [-0.3, -0.25) is 0 Å². The Morgan fingerprint density at radius 1 is 1.12 bits per heavy atom. The largest absolute Gasteiger partial charge is 0.397 e. The van der Waals surface area contributed by atoms with Crippen LogP contribution >= 0.6 is 0 Å². The Morgan fingerprint density at radius 2 is 1.69 bits per heavy atom. The average molecular weight is 374 g/mol. The van der Waals surface area contributed by atoms with Crippen molar-refractivity contribution in [2.75, 3.05) is 17.7 Å². The molecule has 26 heavy (non-hydrogen) atoms. The van der Waals surface area contributed by atoms with Crippen molar-refractivity contribution < 1.29 is 12.8 Å². The molecule has 0 heterocycles. The van der Waals surface area contributed by atoms with Gasteiger partial charge in [0.2, 0.25) is 0 Å². The van der Waals surface area contributed by atoms with Crippen molar-refractivity contribution in [3.05, 3.63) is 77.8 Å². The highest BCUT2D eigenvalue weighted by molar-refractivity contribution is 7.90. The minimum absolute atomic E-state index is 0.263. The number of hydrogen-bond donors (Lipinski definition) is 1. The Bertz CT molecular complexity index is 915. The molecule has 0 spiro atoms. The summed E-state index contributed by atoms with van der Waals surface area (Å²) in [7, 11) is -3.25. The van der Waals surface area contributed by atoms with Gasteiger partial charge in [-0.25, -0.2) is 12.8 Å². The molecule has 2 aromatic rings. The molecule has 0 aliphatic rings. The van der Waals surface area contributed by atoms with Crippen molar-refractivity contribution in [1.29, 1.82) is 0 Å². The van der Waals surface area contributed by atoms with E-state index in [0.29, 0.717) is 17.8 Å². The van der Waals surface area contributed by atoms with Crippen LogP contribution in [0.2, 0.25) is 0 Å². The number of rotatable bonds is 6. The first-order valence-corrected chi connectivity index (χ1v) is 10.0. The minimum Gasteiger partial charge on any atom is -0.397 e. The first kappa shape index (κ1) is 19.7. The van der Waals surface area contributed by atoms with E-state index in [9.17, 15) is 12.8 Å². The van der Waals surface area contributed by atoms with Crippen LogP contribution in [0.5, 0.6) is 0 Å². The third kappa shape index (κ3) is 5.20. The maximum atomic E-state index is 13.1. The van der Waals surface area contributed by atoms with Crippen molar-refractivity contribution in [3.8, 4) is 0 Å². The third-order valence-corrected chi connectivity index (χ3v) is 5.11. The second-order valence-corrected chi connectivity index (χ2v) is 8.14. The predicted molar refractivity (Wildman–Crippen MR) is 105 cm³/mol. The Morgan fingerprint density at radius 3 is 2.19 bits per heavy atom. The van der Waals surface area contributed by atoms with Gasteiger partial charge in [-0.2, -0.15) is 0 Å². The molecule has 0 bridgehead atoms. The van der Waals surface area contributed by atoms with Crippen LogP contribution in [-0.4, -0.2) is 21.2 Å². The first-order chi connectivity index (χ1) is 12.2. The quantitative estimate of drug-likeness (QED) is 0.778. The molecule has 0 unspecified atom stereocenters. The van der Waals surface area contributed by atoms with E-state index in [-0.39, 0.29) is 10.7 Å². The number of allylic oxidation sites excluding steroid dienone is 1. The van der Waals surface area contributed by atoms with E-state index >= 15 is 0 Å². The highest BCUT2D eigenvalue weighted by Gasteiger charge is 2.10. The third-order valence-electron chi connectivity index (χ3n) is 3.98. The monoisotopic (exact) mass is 374 g/mol. The summed E-state index contributed by atoms with van der Waals surface area (Å²) in [5.74, 6) is -0.320. The molecule has 0 fully saturated rings. The summed E-state index contributed by atoms with van der Waals surface area (Å²) in [4.78, 5) is 2.19. The van der Waals surface area contributed by atoms with E-state index in [1.54, 1.807) is 42.6 Å². The molecule has 138 valence electrons. The zero-order valence-corrected chi connectivity index (χ0v) is 15.9. The van der Waals surface area contributed by atoms with E-state index in [4.69, 9.17) is 5.73 Å². The summed E-state index contributed by atoms with van der Waals surface area (Å²) in [5.41, 5.74) is 9.31. The molecule has 6 heteroatoms. The fraction of sp³-hybridized carbons (Fsp3) is 0.200. The van der Waals surface area contributed by atoms with Gasteiger partial charge in [0.1, 0.15) is 5.82 Å². The molecule has 0 aliphatic heterocycles. The minimum atomic E-state index is -3.25. The molecule has 0 saturated heterocycles. The molecule has 0 atom stereocenters. The lowest BCUT2D eigenvalue weighted by atomic mass is 10.1. The van der Waals surface area contributed by atoms with Crippen LogP contribution in [0.15, 0.2) is 71.3 Å². The van der Waals surface area contributed by atoms with Crippen molar-refractivity contribution in [2.45, 2.75) is 18.7 Å². The van der Waals surface area contributed by atoms with Crippen molar-refractivity contribution in [1.82, 2.24) is 0 Å². The van der Waals surface area contributed by atoms with Gasteiger partial charge in [0, 0.05) is 24.7 Å². The zero-order chi connectivity index (χ0) is 19.3. The highest BCUT2D eigenvalue weighted by Crippen LogP contribution is 2.21. The number of anilines is 1. The van der Waals surface area contributed by atoms with Gasteiger partial charge in [-0.1, -0.05) is 11.6 Å². The number of halogens is 1. The van der Waals surface area contributed by atoms with Crippen LogP contribution in [-0.2, 0) is 9.84 Å². The van der Waals surface area contributed by atoms with Crippen molar-refractivity contribution in [3.63, 3.8) is 0 Å². The number of sulfone groups is 1. The normalized spacial score (nSPS) is 12.9. The topological polar surface area (TPSA) is 63.4 Å². The van der Waals surface area contributed by atoms with Crippen molar-refractivity contribution >= 4 is 21.2 Å². The molecule has 0 radical (unpaired) electrons. The predicted octanol–water partition coefficient (Wildman–Crippen LogP) is 3.96. The number of benzene rings is 2. The molecular weight excluding hydrogens is 351 g/mol. The van der Waals surface area contributed by atoms with Gasteiger partial charge in [-0.15, -0.1) is 0 Å². The summed E-state index contributed by atoms with van der Waals surface area (Å²) in [6.45, 7) is 4.55. The lowest BCUT2D eigenvalue weighted by Gasteiger charge is -2.22. The fourth-order valence-electron chi connectivity index (χ4n) is 2.34. The molecule has 4 nitrogen and oxygen atoms in total. The van der Waals surface area contributed by atoms with Crippen LogP contribution in [0.1, 0.15) is 19.4 Å². The number of nitrogens with zero attached hydrogens (tertiary/aromatic N) is 1. The SMILES string of the molecule is C/C=C(\C)CN(/C=C(\N)c1ccc(F)cc1)c1ccc(S(C)(=O)=O)cc1. The highest BCUT2D eigenvalue weighted by atomic mass is 32.2. The molecular formula is C20H23FN2O2S. The summed E-state index contributed by atoms with van der Waals surface area (Å²) in [6, 6.07) is 12.6. The van der Waals surface area contributed by atoms with Gasteiger partial charge in [-0.05, 0) is 67.9 Å². The van der Waals surface area contributed by atoms with Gasteiger partial charge in [0.25, 0.3) is 0 Å². The number of nitrogens with two attached hydrogens (primary N) is 1. The Kier molecular flexibility index (Phi) is 6.21. The smallest absolute Gasteiger partial charge is 0.175 e. The van der Waals surface area contributed by atoms with E-state index in [1.165, 1.54) is 18.4 Å². The molecule has 2 rings (SSSR count). The first-order valence-electron chi connectivity index (χ1n) is 8.12. The average Bonchev–Trinajstić information content (AvgIpc) is 2.60. The van der Waals surface area contributed by atoms with Gasteiger partial charge < -0.3 is 10.6 Å². The Hall–Kier alpha value is -2.60. The zero-order valence-electron chi connectivity index (χ0n) is 15.1. The summed E-state index contributed by atoms with van der Waals surface area (Å²) in [6.07, 6.45) is 4.95. The summed E-state index contributed by atoms with van der Waals surface area (Å²) >= 11 is 0. The van der Waals surface area contributed by atoms with Crippen molar-refractivity contribution in [2.24, 2.45) is 5.73 Å². The van der Waals surface area contributed by atoms with E-state index in [0.717, 1.165) is 11.3 Å². The Labute approximate surface area is 154 Å². The van der Waals surface area contributed by atoms with E-state index < -0.39 is 9.84 Å². The van der Waals surface area contributed by atoms with Crippen LogP contribution in [0, 0.1) is 5.82 Å². The van der Waals surface area contributed by atoms with Crippen LogP contribution < -0.4 is 10.6 Å². The van der Waals surface area contributed by atoms with Crippen LogP contribution in [0.25, 0.3) is 5.70 Å². The molecule has 0 aromatic heterocycles. The number of hydrogen-bond acceptors (Lipinski definition) is 4.